The van der Waals surface area contributed by atoms with Crippen molar-refractivity contribution in [1.29, 1.82) is 10.5 Å². The first-order valence-electron chi connectivity index (χ1n) is 5.29. The van der Waals surface area contributed by atoms with Gasteiger partial charge in [0.05, 0.1) is 23.5 Å². The number of aryl methyl sites for hydroxylation is 1. The second-order valence-electron chi connectivity index (χ2n) is 3.78. The third-order valence-electron chi connectivity index (χ3n) is 2.73. The topological polar surface area (TPSA) is 59.9 Å². The van der Waals surface area contributed by atoms with E-state index < -0.39 is 5.92 Å². The molecule has 0 bridgehead atoms. The highest BCUT2D eigenvalue weighted by molar-refractivity contribution is 5.93. The summed E-state index contributed by atoms with van der Waals surface area (Å²) >= 11 is 0. The number of fused-ring (bicyclic) bond motifs is 1. The third-order valence-corrected chi connectivity index (χ3v) is 2.73. The molecule has 78 valence electrons. The predicted octanol–water partition coefficient (Wildman–Crippen LogP) is 2.76. The van der Waals surface area contributed by atoms with Crippen LogP contribution in [0.15, 0.2) is 29.3 Å². The van der Waals surface area contributed by atoms with Crippen LogP contribution in [-0.4, -0.2) is 5.71 Å². The van der Waals surface area contributed by atoms with E-state index in [0.717, 1.165) is 24.9 Å². The van der Waals surface area contributed by atoms with Gasteiger partial charge < -0.3 is 0 Å². The first kappa shape index (κ1) is 10.4. The Morgan fingerprint density at radius 2 is 1.88 bits per heavy atom. The van der Waals surface area contributed by atoms with Gasteiger partial charge in [-0.3, -0.25) is 4.99 Å². The summed E-state index contributed by atoms with van der Waals surface area (Å²) in [6.07, 6.45) is 2.66. The lowest BCUT2D eigenvalue weighted by Gasteiger charge is -2.02. The molecule has 16 heavy (non-hydrogen) atoms. The zero-order chi connectivity index (χ0) is 11.4. The molecule has 0 N–H and O–H groups in total. The van der Waals surface area contributed by atoms with Crippen molar-refractivity contribution in [3.05, 3.63) is 29.8 Å². The lowest BCUT2D eigenvalue weighted by molar-refractivity contribution is 0.862. The van der Waals surface area contributed by atoms with Crippen LogP contribution in [0.2, 0.25) is 0 Å². The quantitative estimate of drug-likeness (QED) is 0.714. The molecular formula is C13H11N3. The largest absolute Gasteiger partial charge is 0.255 e. The van der Waals surface area contributed by atoms with Crippen LogP contribution < -0.4 is 0 Å². The maximum atomic E-state index is 8.86. The Bertz CT molecular complexity index is 489. The summed E-state index contributed by atoms with van der Waals surface area (Å²) in [4.78, 5) is 4.45. The SMILES string of the molecule is N#CC(C#N)C1=Nc2ccccc2CCC1. The number of nitrogens with zero attached hydrogens (tertiary/aromatic N) is 3. The molecule has 2 rings (SSSR count). The molecule has 0 aliphatic carbocycles. The van der Waals surface area contributed by atoms with E-state index in [-0.39, 0.29) is 0 Å². The summed E-state index contributed by atoms with van der Waals surface area (Å²) in [5, 5.41) is 17.7. The molecule has 0 spiro atoms. The van der Waals surface area contributed by atoms with Gasteiger partial charge in [-0.1, -0.05) is 18.2 Å². The summed E-state index contributed by atoms with van der Waals surface area (Å²) in [5.74, 6) is -0.703. The molecule has 1 aromatic rings. The molecule has 3 heteroatoms. The number of hydrogen-bond donors (Lipinski definition) is 0. The number of para-hydroxylation sites is 1. The Morgan fingerprint density at radius 3 is 2.62 bits per heavy atom. The van der Waals surface area contributed by atoms with E-state index in [1.54, 1.807) is 0 Å². The smallest absolute Gasteiger partial charge is 0.171 e. The molecule has 1 aliphatic heterocycles. The monoisotopic (exact) mass is 209 g/mol. The van der Waals surface area contributed by atoms with Gasteiger partial charge in [-0.2, -0.15) is 10.5 Å². The van der Waals surface area contributed by atoms with Gasteiger partial charge in [0.25, 0.3) is 0 Å². The molecule has 0 amide bonds. The van der Waals surface area contributed by atoms with E-state index >= 15 is 0 Å². The van der Waals surface area contributed by atoms with E-state index in [2.05, 4.69) is 11.1 Å². The molecule has 1 aliphatic rings. The van der Waals surface area contributed by atoms with E-state index in [1.165, 1.54) is 5.56 Å². The highest BCUT2D eigenvalue weighted by Gasteiger charge is 2.17. The van der Waals surface area contributed by atoms with Crippen molar-refractivity contribution in [3.8, 4) is 12.1 Å². The van der Waals surface area contributed by atoms with Crippen molar-refractivity contribution >= 4 is 11.4 Å². The second kappa shape index (κ2) is 4.59. The Hall–Kier alpha value is -2.13. The lowest BCUT2D eigenvalue weighted by Crippen LogP contribution is -2.09. The van der Waals surface area contributed by atoms with Crippen molar-refractivity contribution in [2.45, 2.75) is 19.3 Å². The lowest BCUT2D eigenvalue weighted by atomic mass is 10.0. The van der Waals surface area contributed by atoms with Gasteiger partial charge >= 0.3 is 0 Å². The zero-order valence-electron chi connectivity index (χ0n) is 8.85. The van der Waals surface area contributed by atoms with Crippen molar-refractivity contribution < 1.29 is 0 Å². The maximum absolute atomic E-state index is 8.86. The highest BCUT2D eigenvalue weighted by atomic mass is 14.8. The number of nitriles is 2. The van der Waals surface area contributed by atoms with Gasteiger partial charge in [-0.05, 0) is 30.9 Å². The van der Waals surface area contributed by atoms with Crippen LogP contribution in [0.5, 0.6) is 0 Å². The summed E-state index contributed by atoms with van der Waals surface area (Å²) in [6.45, 7) is 0. The predicted molar refractivity (Wildman–Crippen MR) is 61.2 cm³/mol. The van der Waals surface area contributed by atoms with Crippen LogP contribution in [0.3, 0.4) is 0 Å². The fourth-order valence-electron chi connectivity index (χ4n) is 1.89. The van der Waals surface area contributed by atoms with Crippen LogP contribution in [-0.2, 0) is 6.42 Å². The molecule has 1 aromatic carbocycles. The van der Waals surface area contributed by atoms with Gasteiger partial charge in [0.15, 0.2) is 5.92 Å². The van der Waals surface area contributed by atoms with Gasteiger partial charge in [0.2, 0.25) is 0 Å². The van der Waals surface area contributed by atoms with Crippen molar-refractivity contribution in [1.82, 2.24) is 0 Å². The fourth-order valence-corrected chi connectivity index (χ4v) is 1.89. The van der Waals surface area contributed by atoms with Gasteiger partial charge in [0.1, 0.15) is 0 Å². The molecule has 0 aromatic heterocycles. The summed E-state index contributed by atoms with van der Waals surface area (Å²) in [7, 11) is 0. The van der Waals surface area contributed by atoms with Gasteiger partial charge in [-0.15, -0.1) is 0 Å². The van der Waals surface area contributed by atoms with E-state index in [9.17, 15) is 0 Å². The number of rotatable bonds is 1. The molecule has 0 fully saturated rings. The van der Waals surface area contributed by atoms with E-state index in [0.29, 0.717) is 5.71 Å². The molecule has 0 unspecified atom stereocenters. The zero-order valence-corrected chi connectivity index (χ0v) is 8.85. The molecule has 3 nitrogen and oxygen atoms in total. The maximum Gasteiger partial charge on any atom is 0.171 e. The Labute approximate surface area is 94.7 Å². The minimum absolute atomic E-state index is 0.703. The van der Waals surface area contributed by atoms with Crippen LogP contribution in [0.1, 0.15) is 18.4 Å². The summed E-state index contributed by atoms with van der Waals surface area (Å²) < 4.78 is 0. The molecular weight excluding hydrogens is 198 g/mol. The standard InChI is InChI=1S/C13H11N3/c14-8-11(9-15)13-7-3-5-10-4-1-2-6-12(10)16-13/h1-2,4,6,11H,3,5,7H2. The highest BCUT2D eigenvalue weighted by Crippen LogP contribution is 2.26. The normalized spacial score (nSPS) is 14.3. The first-order chi connectivity index (χ1) is 7.85. The third kappa shape index (κ3) is 1.94. The average molecular weight is 209 g/mol. The van der Waals surface area contributed by atoms with Crippen molar-refractivity contribution in [2.24, 2.45) is 10.9 Å². The number of benzene rings is 1. The van der Waals surface area contributed by atoms with Crippen molar-refractivity contribution in [2.75, 3.05) is 0 Å². The molecule has 0 radical (unpaired) electrons. The average Bonchev–Trinajstić information content (AvgIpc) is 2.53. The first-order valence-corrected chi connectivity index (χ1v) is 5.29. The minimum Gasteiger partial charge on any atom is -0.255 e. The molecule has 1 heterocycles. The number of hydrogen-bond acceptors (Lipinski definition) is 3. The molecule has 0 atom stereocenters. The van der Waals surface area contributed by atoms with Gasteiger partial charge in [0, 0.05) is 0 Å². The molecule has 0 saturated carbocycles. The molecule has 0 saturated heterocycles. The second-order valence-corrected chi connectivity index (χ2v) is 3.78. The Balaban J connectivity index is 2.41. The Kier molecular flexibility index (Phi) is 2.98. The van der Waals surface area contributed by atoms with Crippen LogP contribution in [0.4, 0.5) is 5.69 Å². The van der Waals surface area contributed by atoms with E-state index in [4.69, 9.17) is 10.5 Å². The van der Waals surface area contributed by atoms with Gasteiger partial charge in [-0.25, -0.2) is 0 Å². The van der Waals surface area contributed by atoms with Crippen molar-refractivity contribution in [3.63, 3.8) is 0 Å². The van der Waals surface area contributed by atoms with E-state index in [1.807, 2.05) is 30.3 Å². The summed E-state index contributed by atoms with van der Waals surface area (Å²) in [6, 6.07) is 11.9. The Morgan fingerprint density at radius 1 is 1.12 bits per heavy atom. The fraction of sp³-hybridized carbons (Fsp3) is 0.308. The minimum atomic E-state index is -0.703. The van der Waals surface area contributed by atoms with Crippen LogP contribution >= 0.6 is 0 Å². The van der Waals surface area contributed by atoms with Crippen LogP contribution in [0, 0.1) is 28.6 Å². The number of aliphatic imine (C=N–C) groups is 1. The summed E-state index contributed by atoms with van der Waals surface area (Å²) in [5.41, 5.74) is 2.81. The van der Waals surface area contributed by atoms with Crippen LogP contribution in [0.25, 0.3) is 0 Å².